The third-order valence-electron chi connectivity index (χ3n) is 0.243. The normalized spacial score (nSPS) is 9.88. The molecule has 0 radical (unpaired) electrons. The summed E-state index contributed by atoms with van der Waals surface area (Å²) in [6, 6.07) is 0. The van der Waals surface area contributed by atoms with Crippen molar-refractivity contribution in [2.45, 2.75) is 6.18 Å². The number of carboxylic acid groups (broad SMARTS) is 1. The minimum atomic E-state index is -5.08. The maximum absolute atomic E-state index is 10.6. The average Bonchev–Trinajstić information content (AvgIpc) is 1.31. The maximum Gasteiger partial charge on any atom is 0.490 e. The molecule has 1 N–H and O–H groups in total. The van der Waals surface area contributed by atoms with Gasteiger partial charge in [-0.15, -0.1) is 0 Å². The summed E-state index contributed by atoms with van der Waals surface area (Å²) in [5, 5.41) is 7.12. The van der Waals surface area contributed by atoms with Crippen LogP contribution in [0.5, 0.6) is 0 Å². The van der Waals surface area contributed by atoms with Crippen molar-refractivity contribution < 1.29 is 44.1 Å². The molecule has 0 atom stereocenters. The van der Waals surface area contributed by atoms with Gasteiger partial charge < -0.3 is 5.11 Å². The van der Waals surface area contributed by atoms with Crippen molar-refractivity contribution in [3.05, 3.63) is 0 Å². The average molecular weight is 309 g/mol. The fraction of sp³-hybridized carbons (Fsp3) is 0.500. The number of alkyl halides is 3. The van der Waals surface area contributed by atoms with Crippen LogP contribution in [-0.4, -0.2) is 17.3 Å². The summed E-state index contributed by atoms with van der Waals surface area (Å²) in [5.41, 5.74) is 0. The van der Waals surface area contributed by atoms with E-state index in [9.17, 15) is 13.2 Å². The number of rotatable bonds is 0. The molecule has 0 unspecified atom stereocenters. The van der Waals surface area contributed by atoms with Crippen molar-refractivity contribution in [2.24, 2.45) is 0 Å². The molecular formula is C2HF3O2Pt. The van der Waals surface area contributed by atoms with Crippen LogP contribution in [0.25, 0.3) is 0 Å². The number of hydrogen-bond donors (Lipinski definition) is 1. The van der Waals surface area contributed by atoms with Crippen LogP contribution >= 0.6 is 0 Å². The first-order chi connectivity index (χ1) is 2.94. The summed E-state index contributed by atoms with van der Waals surface area (Å²) in [7, 11) is 0. The fourth-order valence-corrected chi connectivity index (χ4v) is 0. The molecule has 0 aliphatic heterocycles. The molecule has 0 rings (SSSR count). The molecule has 0 spiro atoms. The quantitative estimate of drug-likeness (QED) is 0.713. The monoisotopic (exact) mass is 309 g/mol. The zero-order valence-corrected chi connectivity index (χ0v) is 5.58. The second-order valence-electron chi connectivity index (χ2n) is 0.803. The molecule has 0 aromatic carbocycles. The summed E-state index contributed by atoms with van der Waals surface area (Å²) < 4.78 is 31.7. The van der Waals surface area contributed by atoms with Crippen molar-refractivity contribution in [3.63, 3.8) is 0 Å². The van der Waals surface area contributed by atoms with E-state index >= 15 is 0 Å². The third kappa shape index (κ3) is 4.12. The Hall–Kier alpha value is -0.0517. The van der Waals surface area contributed by atoms with E-state index in [1.807, 2.05) is 0 Å². The third-order valence-corrected chi connectivity index (χ3v) is 0.243. The number of carbonyl (C=O) groups is 1. The van der Waals surface area contributed by atoms with Crippen LogP contribution < -0.4 is 0 Å². The van der Waals surface area contributed by atoms with Crippen LogP contribution in [-0.2, 0) is 25.9 Å². The summed E-state index contributed by atoms with van der Waals surface area (Å²) in [6.07, 6.45) is -5.08. The van der Waals surface area contributed by atoms with Gasteiger partial charge in [-0.3, -0.25) is 0 Å². The van der Waals surface area contributed by atoms with Gasteiger partial charge in [0.25, 0.3) is 0 Å². The number of halogens is 3. The van der Waals surface area contributed by atoms with Crippen molar-refractivity contribution >= 4 is 5.97 Å². The second-order valence-corrected chi connectivity index (χ2v) is 0.803. The van der Waals surface area contributed by atoms with Gasteiger partial charge in [-0.2, -0.15) is 13.2 Å². The van der Waals surface area contributed by atoms with Crippen LogP contribution in [0.3, 0.4) is 0 Å². The molecule has 0 aliphatic rings. The van der Waals surface area contributed by atoms with Crippen molar-refractivity contribution in [1.29, 1.82) is 0 Å². The van der Waals surface area contributed by atoms with E-state index < -0.39 is 12.1 Å². The first kappa shape index (κ1) is 10.8. The Morgan fingerprint density at radius 1 is 1.38 bits per heavy atom. The van der Waals surface area contributed by atoms with Gasteiger partial charge in [0.1, 0.15) is 0 Å². The van der Waals surface area contributed by atoms with Gasteiger partial charge in [0.05, 0.1) is 0 Å². The van der Waals surface area contributed by atoms with Gasteiger partial charge in [-0.25, -0.2) is 4.79 Å². The number of hydrogen-bond acceptors (Lipinski definition) is 1. The fourth-order valence-electron chi connectivity index (χ4n) is 0. The van der Waals surface area contributed by atoms with E-state index in [4.69, 9.17) is 9.90 Å². The molecule has 0 bridgehead atoms. The molecule has 52 valence electrons. The van der Waals surface area contributed by atoms with Gasteiger partial charge in [-0.05, 0) is 0 Å². The molecule has 0 aliphatic carbocycles. The molecule has 8 heavy (non-hydrogen) atoms. The number of carboxylic acids is 1. The molecule has 0 fully saturated rings. The Bertz CT molecular complexity index is 87.8. The Balaban J connectivity index is 0. The first-order valence-corrected chi connectivity index (χ1v) is 1.24. The van der Waals surface area contributed by atoms with Crippen molar-refractivity contribution in [1.82, 2.24) is 0 Å². The minimum absolute atomic E-state index is 0. The van der Waals surface area contributed by atoms with E-state index in [2.05, 4.69) is 0 Å². The van der Waals surface area contributed by atoms with E-state index in [1.165, 1.54) is 0 Å². The first-order valence-electron chi connectivity index (χ1n) is 1.24. The Morgan fingerprint density at radius 2 is 1.50 bits per heavy atom. The second kappa shape index (κ2) is 3.07. The number of aliphatic carboxylic acids is 1. The Labute approximate surface area is 56.9 Å². The topological polar surface area (TPSA) is 37.3 Å². The van der Waals surface area contributed by atoms with Gasteiger partial charge in [-0.1, -0.05) is 0 Å². The smallest absolute Gasteiger partial charge is 0.475 e. The van der Waals surface area contributed by atoms with E-state index in [0.717, 1.165) is 0 Å². The molecule has 0 saturated heterocycles. The van der Waals surface area contributed by atoms with Gasteiger partial charge >= 0.3 is 12.1 Å². The standard InChI is InChI=1S/C2HF3O2.Pt/c3-2(4,5)1(6)7;/h(H,6,7);. The van der Waals surface area contributed by atoms with Crippen molar-refractivity contribution in [2.75, 3.05) is 0 Å². The molecule has 0 saturated carbocycles. The molecule has 2 nitrogen and oxygen atoms in total. The largest absolute Gasteiger partial charge is 0.490 e. The molecular weight excluding hydrogens is 308 g/mol. The molecule has 0 heterocycles. The SMILES string of the molecule is O=C(O)C(F)(F)F.[Pt]. The maximum atomic E-state index is 10.6. The van der Waals surface area contributed by atoms with Crippen LogP contribution in [0.15, 0.2) is 0 Å². The zero-order valence-electron chi connectivity index (χ0n) is 3.31. The predicted molar refractivity (Wildman–Crippen MR) is 13.7 cm³/mol. The predicted octanol–water partition coefficient (Wildman–Crippen LogP) is 0.631. The molecule has 0 aromatic rings. The van der Waals surface area contributed by atoms with Gasteiger partial charge in [0.2, 0.25) is 0 Å². The van der Waals surface area contributed by atoms with Gasteiger partial charge in [0.15, 0.2) is 0 Å². The molecule has 0 aromatic heterocycles. The Morgan fingerprint density at radius 3 is 1.50 bits per heavy atom. The summed E-state index contributed by atoms with van der Waals surface area (Å²) >= 11 is 0. The summed E-state index contributed by atoms with van der Waals surface area (Å²) in [5.74, 6) is -2.76. The van der Waals surface area contributed by atoms with E-state index in [1.54, 1.807) is 0 Å². The van der Waals surface area contributed by atoms with Crippen LogP contribution in [0.2, 0.25) is 0 Å². The van der Waals surface area contributed by atoms with E-state index in [-0.39, 0.29) is 21.1 Å². The van der Waals surface area contributed by atoms with E-state index in [0.29, 0.717) is 0 Å². The molecule has 6 heteroatoms. The minimum Gasteiger partial charge on any atom is -0.475 e. The van der Waals surface area contributed by atoms with Crippen LogP contribution in [0, 0.1) is 0 Å². The summed E-state index contributed by atoms with van der Waals surface area (Å²) in [4.78, 5) is 8.90. The van der Waals surface area contributed by atoms with Crippen molar-refractivity contribution in [3.8, 4) is 0 Å². The molecule has 0 amide bonds. The van der Waals surface area contributed by atoms with Gasteiger partial charge in [0, 0.05) is 21.1 Å². The van der Waals surface area contributed by atoms with Crippen LogP contribution in [0.4, 0.5) is 13.2 Å². The zero-order chi connectivity index (χ0) is 6.08. The summed E-state index contributed by atoms with van der Waals surface area (Å²) in [6.45, 7) is 0. The Kier molecular flexibility index (Phi) is 4.16. The van der Waals surface area contributed by atoms with Crippen LogP contribution in [0.1, 0.15) is 0 Å².